The summed E-state index contributed by atoms with van der Waals surface area (Å²) in [6.45, 7) is 5.11. The quantitative estimate of drug-likeness (QED) is 0.727. The van der Waals surface area contributed by atoms with Crippen molar-refractivity contribution in [2.24, 2.45) is 0 Å². The predicted octanol–water partition coefficient (Wildman–Crippen LogP) is 2.34. The lowest BCUT2D eigenvalue weighted by Gasteiger charge is -2.31. The molecule has 2 aromatic rings. The summed E-state index contributed by atoms with van der Waals surface area (Å²) in [5.41, 5.74) is 3.51. The van der Waals surface area contributed by atoms with Gasteiger partial charge < -0.3 is 9.80 Å². The zero-order chi connectivity index (χ0) is 21.0. The summed E-state index contributed by atoms with van der Waals surface area (Å²) < 4.78 is 26.9. The standard InChI is InChI=1S/C22H29N3O3S/c1-18-4-6-19(7-5-18)16-24(3)22(26)21-10-8-20(9-11-21)17-29(27,28)25-14-12-23(2)13-15-25/h4-11H,12-17H2,1-3H3. The first-order chi connectivity index (χ1) is 13.7. The largest absolute Gasteiger partial charge is 0.337 e. The average molecular weight is 416 g/mol. The van der Waals surface area contributed by atoms with Crippen LogP contribution in [-0.2, 0) is 22.3 Å². The average Bonchev–Trinajstić information content (AvgIpc) is 2.70. The summed E-state index contributed by atoms with van der Waals surface area (Å²) in [4.78, 5) is 16.5. The molecule has 3 rings (SSSR count). The van der Waals surface area contributed by atoms with Crippen molar-refractivity contribution in [1.82, 2.24) is 14.1 Å². The van der Waals surface area contributed by atoms with Crippen LogP contribution in [0.5, 0.6) is 0 Å². The van der Waals surface area contributed by atoms with Crippen molar-refractivity contribution < 1.29 is 13.2 Å². The molecule has 0 bridgehead atoms. The first kappa shape index (κ1) is 21.5. The van der Waals surface area contributed by atoms with E-state index in [1.165, 1.54) is 5.56 Å². The first-order valence-corrected chi connectivity index (χ1v) is 11.4. The Hall–Kier alpha value is -2.22. The van der Waals surface area contributed by atoms with Crippen molar-refractivity contribution in [2.45, 2.75) is 19.2 Å². The minimum Gasteiger partial charge on any atom is -0.337 e. The van der Waals surface area contributed by atoms with E-state index < -0.39 is 10.0 Å². The molecule has 1 fully saturated rings. The van der Waals surface area contributed by atoms with Gasteiger partial charge in [0.1, 0.15) is 0 Å². The number of nitrogens with zero attached hydrogens (tertiary/aromatic N) is 3. The second-order valence-corrected chi connectivity index (χ2v) is 9.77. The normalized spacial score (nSPS) is 16.0. The van der Waals surface area contributed by atoms with E-state index in [1.807, 2.05) is 38.2 Å². The summed E-state index contributed by atoms with van der Waals surface area (Å²) in [5.74, 6) is -0.122. The zero-order valence-corrected chi connectivity index (χ0v) is 18.2. The van der Waals surface area contributed by atoms with Crippen LogP contribution < -0.4 is 0 Å². The molecule has 1 amide bonds. The molecule has 1 aliphatic heterocycles. The molecule has 0 aromatic heterocycles. The Morgan fingerprint density at radius 1 is 0.931 bits per heavy atom. The summed E-state index contributed by atoms with van der Waals surface area (Å²) in [5, 5.41) is 0. The van der Waals surface area contributed by atoms with Gasteiger partial charge in [-0.25, -0.2) is 8.42 Å². The molecule has 0 saturated carbocycles. The SMILES string of the molecule is Cc1ccc(CN(C)C(=O)c2ccc(CS(=O)(=O)N3CCN(C)CC3)cc2)cc1. The third kappa shape index (κ3) is 5.65. The van der Waals surface area contributed by atoms with Gasteiger partial charge in [0.05, 0.1) is 5.75 Å². The molecule has 6 nitrogen and oxygen atoms in total. The van der Waals surface area contributed by atoms with Crippen LogP contribution in [0.3, 0.4) is 0 Å². The fraction of sp³-hybridized carbons (Fsp3) is 0.409. The maximum atomic E-state index is 12.7. The molecule has 0 aliphatic carbocycles. The molecule has 29 heavy (non-hydrogen) atoms. The number of carbonyl (C=O) groups is 1. The minimum atomic E-state index is -3.34. The van der Waals surface area contributed by atoms with E-state index in [0.717, 1.165) is 18.7 Å². The second kappa shape index (κ2) is 9.07. The molecular formula is C22H29N3O3S. The number of sulfonamides is 1. The predicted molar refractivity (Wildman–Crippen MR) is 115 cm³/mol. The van der Waals surface area contributed by atoms with Crippen molar-refractivity contribution in [3.8, 4) is 0 Å². The highest BCUT2D eigenvalue weighted by Crippen LogP contribution is 2.15. The van der Waals surface area contributed by atoms with Crippen LogP contribution in [0, 0.1) is 6.92 Å². The van der Waals surface area contributed by atoms with E-state index in [-0.39, 0.29) is 11.7 Å². The summed E-state index contributed by atoms with van der Waals surface area (Å²) >= 11 is 0. The second-order valence-electron chi connectivity index (χ2n) is 7.80. The zero-order valence-electron chi connectivity index (χ0n) is 17.3. The van der Waals surface area contributed by atoms with Gasteiger partial charge in [0, 0.05) is 45.3 Å². The van der Waals surface area contributed by atoms with Gasteiger partial charge in [-0.1, -0.05) is 42.0 Å². The topological polar surface area (TPSA) is 60.9 Å². The molecule has 7 heteroatoms. The Bertz CT molecular complexity index is 932. The lowest BCUT2D eigenvalue weighted by molar-refractivity contribution is 0.0785. The van der Waals surface area contributed by atoms with Gasteiger partial charge in [0.15, 0.2) is 0 Å². The lowest BCUT2D eigenvalue weighted by Crippen LogP contribution is -2.47. The number of amides is 1. The smallest absolute Gasteiger partial charge is 0.253 e. The number of benzene rings is 2. The van der Waals surface area contributed by atoms with E-state index in [2.05, 4.69) is 4.90 Å². The molecule has 0 atom stereocenters. The monoisotopic (exact) mass is 415 g/mol. The molecule has 2 aromatic carbocycles. The van der Waals surface area contributed by atoms with Crippen molar-refractivity contribution in [3.63, 3.8) is 0 Å². The molecular weight excluding hydrogens is 386 g/mol. The number of rotatable bonds is 6. The van der Waals surface area contributed by atoms with Gasteiger partial charge in [-0.05, 0) is 37.2 Å². The van der Waals surface area contributed by atoms with Crippen LogP contribution in [0.1, 0.15) is 27.0 Å². The van der Waals surface area contributed by atoms with Crippen LogP contribution in [-0.4, -0.2) is 68.7 Å². The van der Waals surface area contributed by atoms with Gasteiger partial charge in [-0.15, -0.1) is 0 Å². The van der Waals surface area contributed by atoms with E-state index in [9.17, 15) is 13.2 Å². The van der Waals surface area contributed by atoms with Gasteiger partial charge in [-0.3, -0.25) is 4.79 Å². The Kier molecular flexibility index (Phi) is 6.72. The number of piperazine rings is 1. The van der Waals surface area contributed by atoms with Crippen molar-refractivity contribution in [1.29, 1.82) is 0 Å². The Balaban J connectivity index is 1.61. The molecule has 1 saturated heterocycles. The van der Waals surface area contributed by atoms with Crippen molar-refractivity contribution in [2.75, 3.05) is 40.3 Å². The van der Waals surface area contributed by atoms with Gasteiger partial charge in [0.25, 0.3) is 5.91 Å². The van der Waals surface area contributed by atoms with Crippen LogP contribution in [0.25, 0.3) is 0 Å². The van der Waals surface area contributed by atoms with E-state index in [1.54, 1.807) is 40.5 Å². The van der Waals surface area contributed by atoms with Gasteiger partial charge in [-0.2, -0.15) is 4.31 Å². The molecule has 0 radical (unpaired) electrons. The van der Waals surface area contributed by atoms with Crippen LogP contribution in [0.2, 0.25) is 0 Å². The molecule has 156 valence electrons. The van der Waals surface area contributed by atoms with E-state index in [0.29, 0.717) is 30.8 Å². The molecule has 0 unspecified atom stereocenters. The highest BCUT2D eigenvalue weighted by Gasteiger charge is 2.26. The van der Waals surface area contributed by atoms with Crippen molar-refractivity contribution in [3.05, 3.63) is 70.8 Å². The number of aryl methyl sites for hydroxylation is 1. The highest BCUT2D eigenvalue weighted by atomic mass is 32.2. The number of hydrogen-bond donors (Lipinski definition) is 0. The lowest BCUT2D eigenvalue weighted by atomic mass is 10.1. The molecule has 1 heterocycles. The molecule has 0 N–H and O–H groups in total. The van der Waals surface area contributed by atoms with E-state index in [4.69, 9.17) is 0 Å². The van der Waals surface area contributed by atoms with Crippen molar-refractivity contribution >= 4 is 15.9 Å². The summed E-state index contributed by atoms with van der Waals surface area (Å²) in [7, 11) is 0.425. The molecule has 1 aliphatic rings. The first-order valence-electron chi connectivity index (χ1n) is 9.81. The number of hydrogen-bond acceptors (Lipinski definition) is 4. The number of carbonyl (C=O) groups excluding carboxylic acids is 1. The maximum Gasteiger partial charge on any atom is 0.253 e. The Labute approximate surface area is 173 Å². The van der Waals surface area contributed by atoms with E-state index >= 15 is 0 Å². The van der Waals surface area contributed by atoms with Crippen LogP contribution in [0.4, 0.5) is 0 Å². The highest BCUT2D eigenvalue weighted by molar-refractivity contribution is 7.88. The fourth-order valence-corrected chi connectivity index (χ4v) is 4.89. The number of likely N-dealkylation sites (N-methyl/N-ethyl adjacent to an activating group) is 1. The van der Waals surface area contributed by atoms with Gasteiger partial charge >= 0.3 is 0 Å². The van der Waals surface area contributed by atoms with Crippen LogP contribution >= 0.6 is 0 Å². The summed E-state index contributed by atoms with van der Waals surface area (Å²) in [6.07, 6.45) is 0. The Morgan fingerprint density at radius 2 is 1.48 bits per heavy atom. The van der Waals surface area contributed by atoms with Gasteiger partial charge in [0.2, 0.25) is 10.0 Å². The Morgan fingerprint density at radius 3 is 2.07 bits per heavy atom. The third-order valence-electron chi connectivity index (χ3n) is 5.29. The third-order valence-corrected chi connectivity index (χ3v) is 7.14. The fourth-order valence-electron chi connectivity index (χ4n) is 3.37. The summed E-state index contributed by atoms with van der Waals surface area (Å²) in [6, 6.07) is 15.0. The minimum absolute atomic E-state index is 0.0373. The maximum absolute atomic E-state index is 12.7. The van der Waals surface area contributed by atoms with Crippen LogP contribution in [0.15, 0.2) is 48.5 Å². The molecule has 0 spiro atoms.